The van der Waals surface area contributed by atoms with Crippen LogP contribution in [0.25, 0.3) is 0 Å². The molecule has 2 atom stereocenters. The lowest BCUT2D eigenvalue weighted by Gasteiger charge is -2.19. The second-order valence-corrected chi connectivity index (χ2v) is 12.8. The number of ether oxygens (including phenoxy) is 2. The number of esters is 2. The van der Waals surface area contributed by atoms with Crippen molar-refractivity contribution in [1.29, 1.82) is 0 Å². The molecule has 45 heavy (non-hydrogen) atoms. The number of carbonyl (C=O) groups excluding carboxylic acids is 2. The van der Waals surface area contributed by atoms with Crippen molar-refractivity contribution in [3.05, 3.63) is 48.6 Å². The van der Waals surface area contributed by atoms with Crippen LogP contribution in [-0.4, -0.2) is 43.3 Å². The molecular weight excluding hydrogens is 591 g/mol. The predicted molar refractivity (Wildman–Crippen MR) is 184 cm³/mol. The van der Waals surface area contributed by atoms with E-state index in [1.165, 1.54) is 32.1 Å². The molecule has 0 heterocycles. The van der Waals surface area contributed by atoms with Gasteiger partial charge in [-0.15, -0.1) is 0 Å². The average molecular weight is 655 g/mol. The summed E-state index contributed by atoms with van der Waals surface area (Å²) in [5.41, 5.74) is 0. The number of rotatable bonds is 31. The zero-order chi connectivity index (χ0) is 33.3. The van der Waals surface area contributed by atoms with Gasteiger partial charge in [-0.3, -0.25) is 18.6 Å². The van der Waals surface area contributed by atoms with E-state index in [1.54, 1.807) is 0 Å². The molecule has 0 saturated heterocycles. The fourth-order valence-corrected chi connectivity index (χ4v) is 4.83. The smallest absolute Gasteiger partial charge is 0.462 e. The van der Waals surface area contributed by atoms with Crippen LogP contribution in [0.5, 0.6) is 0 Å². The summed E-state index contributed by atoms with van der Waals surface area (Å²) >= 11 is 0. The van der Waals surface area contributed by atoms with Crippen molar-refractivity contribution >= 4 is 19.8 Å². The number of phosphoric ester groups is 1. The summed E-state index contributed by atoms with van der Waals surface area (Å²) in [5, 5.41) is 0. The molecule has 0 amide bonds. The number of hydrogen-bond acceptors (Lipinski definition) is 7. The lowest BCUT2D eigenvalue weighted by atomic mass is 10.1. The molecule has 0 aromatic heterocycles. The minimum absolute atomic E-state index is 0.206. The fourth-order valence-electron chi connectivity index (χ4n) is 4.37. The van der Waals surface area contributed by atoms with Gasteiger partial charge < -0.3 is 14.4 Å². The van der Waals surface area contributed by atoms with E-state index < -0.39 is 32.5 Å². The number of unbranched alkanes of at least 4 members (excludes halogenated alkanes) is 12. The molecule has 0 fully saturated rings. The molecule has 0 radical (unpaired) electrons. The van der Waals surface area contributed by atoms with E-state index >= 15 is 0 Å². The summed E-state index contributed by atoms with van der Waals surface area (Å²) in [6, 6.07) is 0. The number of hydrogen-bond donors (Lipinski definition) is 1. The van der Waals surface area contributed by atoms with Crippen LogP contribution in [-0.2, 0) is 32.7 Å². The summed E-state index contributed by atoms with van der Waals surface area (Å²) in [4.78, 5) is 34.2. The Labute approximate surface area is 274 Å². The van der Waals surface area contributed by atoms with E-state index in [0.29, 0.717) is 6.42 Å². The molecule has 0 spiro atoms. The topological polar surface area (TPSA) is 108 Å². The molecule has 0 rings (SSSR count). The van der Waals surface area contributed by atoms with E-state index in [2.05, 4.69) is 67.0 Å². The van der Waals surface area contributed by atoms with E-state index in [4.69, 9.17) is 14.0 Å². The first kappa shape index (κ1) is 43.0. The maximum atomic E-state index is 12.4. The van der Waals surface area contributed by atoms with E-state index in [0.717, 1.165) is 84.2 Å². The Balaban J connectivity index is 4.18. The van der Waals surface area contributed by atoms with Gasteiger partial charge in [-0.1, -0.05) is 107 Å². The highest BCUT2D eigenvalue weighted by Crippen LogP contribution is 2.42. The summed E-state index contributed by atoms with van der Waals surface area (Å²) in [7, 11) is -3.21. The molecule has 9 heteroatoms. The first-order chi connectivity index (χ1) is 21.8. The monoisotopic (exact) mass is 654 g/mol. The van der Waals surface area contributed by atoms with E-state index in [-0.39, 0.29) is 19.4 Å². The molecule has 0 bridgehead atoms. The summed E-state index contributed by atoms with van der Waals surface area (Å²) < 4.78 is 31.7. The third-order valence-corrected chi connectivity index (χ3v) is 7.99. The van der Waals surface area contributed by atoms with Gasteiger partial charge in [0.05, 0.1) is 6.61 Å². The maximum Gasteiger partial charge on any atom is 0.472 e. The van der Waals surface area contributed by atoms with Crippen LogP contribution in [0.4, 0.5) is 0 Å². The number of phosphoric acid groups is 1. The molecule has 0 aromatic rings. The zero-order valence-electron chi connectivity index (χ0n) is 28.5. The van der Waals surface area contributed by atoms with E-state index in [9.17, 15) is 19.0 Å². The van der Waals surface area contributed by atoms with Crippen molar-refractivity contribution in [2.75, 3.05) is 20.3 Å². The second kappa shape index (κ2) is 32.0. The molecule has 0 aromatic carbocycles. The van der Waals surface area contributed by atoms with Gasteiger partial charge in [0.2, 0.25) is 0 Å². The number of carbonyl (C=O) groups is 2. The van der Waals surface area contributed by atoms with Gasteiger partial charge in [0.25, 0.3) is 0 Å². The quantitative estimate of drug-likeness (QED) is 0.0340. The Morgan fingerprint density at radius 1 is 0.644 bits per heavy atom. The van der Waals surface area contributed by atoms with Crippen molar-refractivity contribution in [1.82, 2.24) is 0 Å². The van der Waals surface area contributed by atoms with Gasteiger partial charge in [0.15, 0.2) is 6.10 Å². The van der Waals surface area contributed by atoms with Crippen molar-refractivity contribution in [3.63, 3.8) is 0 Å². The molecule has 2 unspecified atom stereocenters. The van der Waals surface area contributed by atoms with Crippen molar-refractivity contribution in [2.45, 2.75) is 148 Å². The van der Waals surface area contributed by atoms with Gasteiger partial charge >= 0.3 is 19.8 Å². The maximum absolute atomic E-state index is 12.4. The molecule has 0 aliphatic rings. The molecule has 0 aliphatic carbocycles. The highest BCUT2D eigenvalue weighted by atomic mass is 31.2. The fraction of sp³-hybridized carbons (Fsp3) is 0.722. The Morgan fingerprint density at radius 2 is 1.13 bits per heavy atom. The Kier molecular flexibility index (Phi) is 30.6. The van der Waals surface area contributed by atoms with Crippen LogP contribution in [0.1, 0.15) is 142 Å². The first-order valence-corrected chi connectivity index (χ1v) is 18.8. The molecular formula is C36H63O8P. The highest BCUT2D eigenvalue weighted by molar-refractivity contribution is 7.47. The van der Waals surface area contributed by atoms with Gasteiger partial charge in [-0.25, -0.2) is 4.57 Å². The summed E-state index contributed by atoms with van der Waals surface area (Å²) in [6.45, 7) is 3.69. The highest BCUT2D eigenvalue weighted by Gasteiger charge is 2.24. The third-order valence-electron chi connectivity index (χ3n) is 7.06. The SMILES string of the molecule is CC/C=C\C/C=C\C/C=C\CCCCCC(=O)OC(COC(=O)CCCCCCC/C=C\CCCCCC)COP(=O)(O)OC. The van der Waals surface area contributed by atoms with Crippen LogP contribution >= 0.6 is 7.82 Å². The molecule has 0 aliphatic heterocycles. The van der Waals surface area contributed by atoms with Gasteiger partial charge in [0, 0.05) is 20.0 Å². The normalized spacial score (nSPS) is 14.1. The average Bonchev–Trinajstić information content (AvgIpc) is 3.03. The molecule has 8 nitrogen and oxygen atoms in total. The first-order valence-electron chi connectivity index (χ1n) is 17.3. The third kappa shape index (κ3) is 31.8. The molecule has 260 valence electrons. The lowest BCUT2D eigenvalue weighted by Crippen LogP contribution is -2.29. The zero-order valence-corrected chi connectivity index (χ0v) is 29.4. The lowest BCUT2D eigenvalue weighted by molar-refractivity contribution is -0.161. The van der Waals surface area contributed by atoms with E-state index in [1.807, 2.05) is 0 Å². The number of allylic oxidation sites excluding steroid dienone is 8. The largest absolute Gasteiger partial charge is 0.472 e. The predicted octanol–water partition coefficient (Wildman–Crippen LogP) is 10.3. The second-order valence-electron chi connectivity index (χ2n) is 11.3. The van der Waals surface area contributed by atoms with Crippen LogP contribution in [0, 0.1) is 0 Å². The van der Waals surface area contributed by atoms with Crippen molar-refractivity contribution in [2.24, 2.45) is 0 Å². The Bertz CT molecular complexity index is 880. The van der Waals surface area contributed by atoms with Crippen LogP contribution in [0.15, 0.2) is 48.6 Å². The summed E-state index contributed by atoms with van der Waals surface area (Å²) in [5.74, 6) is -0.855. The Hall–Kier alpha value is -1.99. The van der Waals surface area contributed by atoms with Gasteiger partial charge in [0.1, 0.15) is 6.61 Å². The van der Waals surface area contributed by atoms with Crippen molar-refractivity contribution in [3.8, 4) is 0 Å². The molecule has 1 N–H and O–H groups in total. The molecule has 0 saturated carbocycles. The van der Waals surface area contributed by atoms with Gasteiger partial charge in [-0.2, -0.15) is 0 Å². The standard InChI is InChI=1S/C36H63O8P/c1-4-6-8-10-12-14-16-18-20-22-24-26-28-30-35(37)42-32-34(33-43-45(39,40)41-3)44-36(38)31-29-27-25-23-21-19-17-15-13-11-9-7-5-2/h7,9,13-16,19,21,34H,4-6,8,10-12,17-18,20,22-33H2,1-3H3,(H,39,40)/b9-7-,15-13-,16-14-,21-19-. The van der Waals surface area contributed by atoms with Gasteiger partial charge in [-0.05, 0) is 70.6 Å². The Morgan fingerprint density at radius 3 is 1.73 bits per heavy atom. The van der Waals surface area contributed by atoms with Crippen molar-refractivity contribution < 1.29 is 37.6 Å². The minimum Gasteiger partial charge on any atom is -0.462 e. The minimum atomic E-state index is -4.26. The van der Waals surface area contributed by atoms with Crippen LogP contribution < -0.4 is 0 Å². The van der Waals surface area contributed by atoms with Crippen LogP contribution in [0.3, 0.4) is 0 Å². The summed E-state index contributed by atoms with van der Waals surface area (Å²) in [6.07, 6.45) is 35.9. The van der Waals surface area contributed by atoms with Crippen LogP contribution in [0.2, 0.25) is 0 Å².